The Morgan fingerprint density at radius 3 is 2.40 bits per heavy atom. The predicted molar refractivity (Wildman–Crippen MR) is 77.6 cm³/mol. The monoisotopic (exact) mass is 275 g/mol. The minimum absolute atomic E-state index is 0.127. The lowest BCUT2D eigenvalue weighted by Gasteiger charge is -2.21. The number of nitrogens with one attached hydrogen (secondary N) is 1. The van der Waals surface area contributed by atoms with Crippen LogP contribution in [0.2, 0.25) is 0 Å². The van der Waals surface area contributed by atoms with E-state index in [1.807, 2.05) is 0 Å². The van der Waals surface area contributed by atoms with Crippen molar-refractivity contribution >= 4 is 17.6 Å². The molecule has 0 atom stereocenters. The van der Waals surface area contributed by atoms with Gasteiger partial charge in [-0.15, -0.1) is 0 Å². The van der Waals surface area contributed by atoms with Gasteiger partial charge >= 0.3 is 5.97 Å². The van der Waals surface area contributed by atoms with Crippen molar-refractivity contribution in [2.75, 3.05) is 11.9 Å². The molecule has 4 nitrogen and oxygen atoms in total. The summed E-state index contributed by atoms with van der Waals surface area (Å²) in [5, 5.41) is 2.66. The van der Waals surface area contributed by atoms with E-state index in [1.165, 1.54) is 26.2 Å². The highest BCUT2D eigenvalue weighted by atomic mass is 16.5. The van der Waals surface area contributed by atoms with E-state index in [0.29, 0.717) is 23.8 Å². The smallest absolute Gasteiger partial charge is 0.338 e. The summed E-state index contributed by atoms with van der Waals surface area (Å²) in [6.45, 7) is 1.97. The van der Waals surface area contributed by atoms with Gasteiger partial charge in [0.2, 0.25) is 5.91 Å². The Hall–Kier alpha value is -1.84. The maximum atomic E-state index is 11.9. The van der Waals surface area contributed by atoms with Crippen molar-refractivity contribution in [2.24, 2.45) is 5.92 Å². The van der Waals surface area contributed by atoms with Crippen LogP contribution in [0.1, 0.15) is 49.4 Å². The standard InChI is InChI=1S/C16H21NO3/c1-12(18)17-15-9-7-14(8-10-15)16(19)20-11-13-5-3-2-4-6-13/h7-10,13H,2-6,11H2,1H3,(H,17,18). The first kappa shape index (κ1) is 14.6. The summed E-state index contributed by atoms with van der Waals surface area (Å²) >= 11 is 0. The number of anilines is 1. The summed E-state index contributed by atoms with van der Waals surface area (Å²) < 4.78 is 5.36. The summed E-state index contributed by atoms with van der Waals surface area (Å²) in [7, 11) is 0. The van der Waals surface area contributed by atoms with E-state index in [1.54, 1.807) is 24.3 Å². The summed E-state index contributed by atoms with van der Waals surface area (Å²) in [6, 6.07) is 6.76. The van der Waals surface area contributed by atoms with E-state index in [-0.39, 0.29) is 11.9 Å². The van der Waals surface area contributed by atoms with Gasteiger partial charge in [-0.25, -0.2) is 4.79 Å². The van der Waals surface area contributed by atoms with Gasteiger partial charge in [0.1, 0.15) is 0 Å². The van der Waals surface area contributed by atoms with Crippen molar-refractivity contribution in [3.63, 3.8) is 0 Å². The Kier molecular flexibility index (Phi) is 5.16. The normalized spacial score (nSPS) is 15.7. The lowest BCUT2D eigenvalue weighted by molar-refractivity contribution is -0.114. The van der Waals surface area contributed by atoms with Gasteiger partial charge in [0, 0.05) is 12.6 Å². The number of amides is 1. The first-order chi connectivity index (χ1) is 9.65. The topological polar surface area (TPSA) is 55.4 Å². The van der Waals surface area contributed by atoms with E-state index in [2.05, 4.69) is 5.32 Å². The molecule has 1 fully saturated rings. The van der Waals surface area contributed by atoms with Gasteiger partial charge in [-0.05, 0) is 43.0 Å². The van der Waals surface area contributed by atoms with E-state index in [0.717, 1.165) is 12.8 Å². The van der Waals surface area contributed by atoms with E-state index in [9.17, 15) is 9.59 Å². The molecule has 1 amide bonds. The summed E-state index contributed by atoms with van der Waals surface area (Å²) in [6.07, 6.45) is 6.11. The second-order valence-electron chi connectivity index (χ2n) is 5.36. The maximum absolute atomic E-state index is 11.9. The average Bonchev–Trinajstić information content (AvgIpc) is 2.46. The Bertz CT molecular complexity index is 461. The number of carbonyl (C=O) groups is 2. The number of hydrogen-bond donors (Lipinski definition) is 1. The molecule has 0 spiro atoms. The molecule has 0 aliphatic heterocycles. The van der Waals surface area contributed by atoms with Crippen LogP contribution in [0, 0.1) is 5.92 Å². The van der Waals surface area contributed by atoms with E-state index >= 15 is 0 Å². The quantitative estimate of drug-likeness (QED) is 0.857. The fourth-order valence-corrected chi connectivity index (χ4v) is 2.52. The van der Waals surface area contributed by atoms with Crippen LogP contribution in [0.5, 0.6) is 0 Å². The van der Waals surface area contributed by atoms with Gasteiger partial charge < -0.3 is 10.1 Å². The number of esters is 1. The molecule has 1 aliphatic rings. The van der Waals surface area contributed by atoms with E-state index in [4.69, 9.17) is 4.74 Å². The molecule has 1 aromatic carbocycles. The summed E-state index contributed by atoms with van der Waals surface area (Å²) in [5.41, 5.74) is 1.20. The lowest BCUT2D eigenvalue weighted by Crippen LogP contribution is -2.16. The first-order valence-electron chi connectivity index (χ1n) is 7.20. The van der Waals surface area contributed by atoms with Gasteiger partial charge in [-0.3, -0.25) is 4.79 Å². The number of hydrogen-bond acceptors (Lipinski definition) is 3. The second kappa shape index (κ2) is 7.08. The molecule has 1 N–H and O–H groups in total. The van der Waals surface area contributed by atoms with Crippen LogP contribution >= 0.6 is 0 Å². The molecule has 0 aromatic heterocycles. The summed E-state index contributed by atoms with van der Waals surface area (Å²) in [4.78, 5) is 22.8. The van der Waals surface area contributed by atoms with Crippen molar-refractivity contribution in [1.29, 1.82) is 0 Å². The molecule has 4 heteroatoms. The van der Waals surface area contributed by atoms with Gasteiger partial charge in [0.25, 0.3) is 0 Å². The molecule has 108 valence electrons. The van der Waals surface area contributed by atoms with Crippen molar-refractivity contribution in [1.82, 2.24) is 0 Å². The lowest BCUT2D eigenvalue weighted by atomic mass is 9.90. The molecule has 0 radical (unpaired) electrons. The zero-order chi connectivity index (χ0) is 14.4. The van der Waals surface area contributed by atoms with Crippen LogP contribution < -0.4 is 5.32 Å². The van der Waals surface area contributed by atoms with Crippen LogP contribution in [0.3, 0.4) is 0 Å². The Balaban J connectivity index is 1.83. The fraction of sp³-hybridized carbons (Fsp3) is 0.500. The molecule has 20 heavy (non-hydrogen) atoms. The molecule has 0 saturated heterocycles. The third kappa shape index (κ3) is 4.37. The van der Waals surface area contributed by atoms with E-state index < -0.39 is 0 Å². The minimum Gasteiger partial charge on any atom is -0.462 e. The van der Waals surface area contributed by atoms with Gasteiger partial charge in [-0.2, -0.15) is 0 Å². The molecule has 1 aromatic rings. The zero-order valence-electron chi connectivity index (χ0n) is 11.9. The van der Waals surface area contributed by atoms with Gasteiger partial charge in [-0.1, -0.05) is 19.3 Å². The van der Waals surface area contributed by atoms with Crippen molar-refractivity contribution < 1.29 is 14.3 Å². The average molecular weight is 275 g/mol. The molecule has 0 unspecified atom stereocenters. The van der Waals surface area contributed by atoms with Crippen molar-refractivity contribution in [3.05, 3.63) is 29.8 Å². The summed E-state index contributed by atoms with van der Waals surface area (Å²) in [5.74, 6) is 0.105. The maximum Gasteiger partial charge on any atom is 0.338 e. The van der Waals surface area contributed by atoms with Crippen LogP contribution in [0.25, 0.3) is 0 Å². The predicted octanol–water partition coefficient (Wildman–Crippen LogP) is 3.38. The largest absolute Gasteiger partial charge is 0.462 e. The Morgan fingerprint density at radius 2 is 1.80 bits per heavy atom. The van der Waals surface area contributed by atoms with Gasteiger partial charge in [0.15, 0.2) is 0 Å². The highest BCUT2D eigenvalue weighted by Crippen LogP contribution is 2.24. The van der Waals surface area contributed by atoms with Crippen molar-refractivity contribution in [3.8, 4) is 0 Å². The Labute approximate surface area is 119 Å². The zero-order valence-corrected chi connectivity index (χ0v) is 11.9. The minimum atomic E-state index is -0.287. The molecule has 0 heterocycles. The second-order valence-corrected chi connectivity index (χ2v) is 5.36. The van der Waals surface area contributed by atoms with Crippen molar-refractivity contribution in [2.45, 2.75) is 39.0 Å². The number of benzene rings is 1. The third-order valence-electron chi connectivity index (χ3n) is 3.62. The highest BCUT2D eigenvalue weighted by molar-refractivity contribution is 5.92. The van der Waals surface area contributed by atoms with Crippen LogP contribution in [0.4, 0.5) is 5.69 Å². The first-order valence-corrected chi connectivity index (χ1v) is 7.20. The SMILES string of the molecule is CC(=O)Nc1ccc(C(=O)OCC2CCCCC2)cc1. The van der Waals surface area contributed by atoms with Crippen LogP contribution in [-0.4, -0.2) is 18.5 Å². The molecule has 0 bridgehead atoms. The number of ether oxygens (including phenoxy) is 1. The Morgan fingerprint density at radius 1 is 1.15 bits per heavy atom. The van der Waals surface area contributed by atoms with Gasteiger partial charge in [0.05, 0.1) is 12.2 Å². The highest BCUT2D eigenvalue weighted by Gasteiger charge is 2.16. The molecular weight excluding hydrogens is 254 g/mol. The van der Waals surface area contributed by atoms with Crippen LogP contribution in [-0.2, 0) is 9.53 Å². The molecular formula is C16H21NO3. The fourth-order valence-electron chi connectivity index (χ4n) is 2.52. The molecule has 1 saturated carbocycles. The molecule has 1 aliphatic carbocycles. The third-order valence-corrected chi connectivity index (χ3v) is 3.62. The van der Waals surface area contributed by atoms with Crippen LogP contribution in [0.15, 0.2) is 24.3 Å². The molecule has 2 rings (SSSR count). The number of rotatable bonds is 4. The number of carbonyl (C=O) groups excluding carboxylic acids is 2.